The third-order valence-electron chi connectivity index (χ3n) is 4.63. The molecule has 1 unspecified atom stereocenters. The summed E-state index contributed by atoms with van der Waals surface area (Å²) in [4.78, 5) is 14.3. The number of nitrogens with zero attached hydrogens (tertiary/aromatic N) is 2. The molecule has 6 heteroatoms. The number of carbonyl (C=O) groups excluding carboxylic acids is 1. The van der Waals surface area contributed by atoms with E-state index in [4.69, 9.17) is 0 Å². The Bertz CT molecular complexity index is 726. The van der Waals surface area contributed by atoms with E-state index < -0.39 is 6.10 Å². The molecule has 3 rings (SSSR count). The zero-order valence-corrected chi connectivity index (χ0v) is 14.8. The number of β-amino-alcohol motifs (C(OH)–C–C–N with tert-alkyl or cyclic N) is 1. The standard InChI is InChI=1S/C19H26N4O2/c1-13(2)17-9-18(22-21-17)19(25)20-10-16(24)12-23-8-7-14-5-3-4-6-15(14)11-23/h3-6,9,13,16,24H,7-8,10-12H2,1-2H3,(H,20,25)(H,21,22). The van der Waals surface area contributed by atoms with E-state index in [0.717, 1.165) is 25.2 Å². The number of amides is 1. The number of aliphatic hydroxyl groups is 1. The molecule has 2 aromatic rings. The second-order valence-corrected chi connectivity index (χ2v) is 6.98. The minimum Gasteiger partial charge on any atom is -0.390 e. The van der Waals surface area contributed by atoms with E-state index in [0.29, 0.717) is 18.2 Å². The number of benzene rings is 1. The van der Waals surface area contributed by atoms with Crippen molar-refractivity contribution < 1.29 is 9.90 Å². The number of hydrogen-bond donors (Lipinski definition) is 3. The van der Waals surface area contributed by atoms with Crippen LogP contribution in [0.5, 0.6) is 0 Å². The van der Waals surface area contributed by atoms with Crippen LogP contribution in [0.15, 0.2) is 30.3 Å². The molecule has 0 aliphatic carbocycles. The average molecular weight is 342 g/mol. The highest BCUT2D eigenvalue weighted by molar-refractivity contribution is 5.92. The maximum atomic E-state index is 12.1. The molecular formula is C19H26N4O2. The summed E-state index contributed by atoms with van der Waals surface area (Å²) < 4.78 is 0. The summed E-state index contributed by atoms with van der Waals surface area (Å²) in [6, 6.07) is 10.2. The van der Waals surface area contributed by atoms with Gasteiger partial charge < -0.3 is 10.4 Å². The highest BCUT2D eigenvalue weighted by Crippen LogP contribution is 2.18. The van der Waals surface area contributed by atoms with Crippen LogP contribution in [-0.4, -0.2) is 51.8 Å². The van der Waals surface area contributed by atoms with E-state index in [1.807, 2.05) is 19.9 Å². The van der Waals surface area contributed by atoms with Gasteiger partial charge in [0.05, 0.1) is 6.10 Å². The fraction of sp³-hybridized carbons (Fsp3) is 0.474. The summed E-state index contributed by atoms with van der Waals surface area (Å²) in [5, 5.41) is 19.9. The molecule has 1 atom stereocenters. The van der Waals surface area contributed by atoms with Gasteiger partial charge in [0.25, 0.3) is 5.91 Å². The smallest absolute Gasteiger partial charge is 0.271 e. The van der Waals surface area contributed by atoms with Crippen LogP contribution in [0.25, 0.3) is 0 Å². The van der Waals surface area contributed by atoms with Crippen LogP contribution >= 0.6 is 0 Å². The number of aromatic amines is 1. The Morgan fingerprint density at radius 3 is 2.84 bits per heavy atom. The van der Waals surface area contributed by atoms with E-state index >= 15 is 0 Å². The molecule has 0 fully saturated rings. The van der Waals surface area contributed by atoms with Crippen molar-refractivity contribution in [3.8, 4) is 0 Å². The number of H-pyrrole nitrogens is 1. The molecule has 25 heavy (non-hydrogen) atoms. The Labute approximate surface area is 148 Å². The van der Waals surface area contributed by atoms with E-state index in [9.17, 15) is 9.90 Å². The van der Waals surface area contributed by atoms with Gasteiger partial charge in [-0.2, -0.15) is 5.10 Å². The Morgan fingerprint density at radius 1 is 1.36 bits per heavy atom. The molecule has 1 aliphatic heterocycles. The van der Waals surface area contributed by atoms with Crippen molar-refractivity contribution in [3.63, 3.8) is 0 Å². The zero-order valence-electron chi connectivity index (χ0n) is 14.8. The van der Waals surface area contributed by atoms with Crippen LogP contribution in [0.2, 0.25) is 0 Å². The summed E-state index contributed by atoms with van der Waals surface area (Å²) in [5.41, 5.74) is 4.00. The third kappa shape index (κ3) is 4.46. The van der Waals surface area contributed by atoms with Gasteiger partial charge in [-0.1, -0.05) is 38.1 Å². The lowest BCUT2D eigenvalue weighted by atomic mass is 10.00. The second kappa shape index (κ2) is 7.80. The number of carbonyl (C=O) groups is 1. The largest absolute Gasteiger partial charge is 0.390 e. The number of aromatic nitrogens is 2. The van der Waals surface area contributed by atoms with Gasteiger partial charge in [0, 0.05) is 31.9 Å². The van der Waals surface area contributed by atoms with E-state index in [1.165, 1.54) is 11.1 Å². The van der Waals surface area contributed by atoms with Gasteiger partial charge in [0.2, 0.25) is 0 Å². The van der Waals surface area contributed by atoms with Crippen molar-refractivity contribution in [1.29, 1.82) is 0 Å². The predicted octanol–water partition coefficient (Wildman–Crippen LogP) is 1.68. The first-order valence-electron chi connectivity index (χ1n) is 8.83. The fourth-order valence-corrected chi connectivity index (χ4v) is 3.12. The second-order valence-electron chi connectivity index (χ2n) is 6.98. The quantitative estimate of drug-likeness (QED) is 0.746. The highest BCUT2D eigenvalue weighted by Gasteiger charge is 2.19. The first kappa shape index (κ1) is 17.6. The van der Waals surface area contributed by atoms with Crippen LogP contribution in [0.4, 0.5) is 0 Å². The van der Waals surface area contributed by atoms with Crippen molar-refractivity contribution in [2.75, 3.05) is 19.6 Å². The van der Waals surface area contributed by atoms with Gasteiger partial charge >= 0.3 is 0 Å². The third-order valence-corrected chi connectivity index (χ3v) is 4.63. The number of rotatable bonds is 6. The van der Waals surface area contributed by atoms with Crippen LogP contribution in [0.1, 0.15) is 47.1 Å². The van der Waals surface area contributed by atoms with Crippen molar-refractivity contribution in [1.82, 2.24) is 20.4 Å². The molecule has 3 N–H and O–H groups in total. The van der Waals surface area contributed by atoms with E-state index in [-0.39, 0.29) is 12.5 Å². The summed E-state index contributed by atoms with van der Waals surface area (Å²) in [5.74, 6) is 0.0350. The lowest BCUT2D eigenvalue weighted by molar-refractivity contribution is 0.0838. The average Bonchev–Trinajstić information content (AvgIpc) is 3.10. The van der Waals surface area contributed by atoms with Gasteiger partial charge in [-0.15, -0.1) is 0 Å². The maximum Gasteiger partial charge on any atom is 0.271 e. The first-order chi connectivity index (χ1) is 12.0. The summed E-state index contributed by atoms with van der Waals surface area (Å²) >= 11 is 0. The van der Waals surface area contributed by atoms with Gasteiger partial charge in [-0.25, -0.2) is 0 Å². The molecule has 1 aromatic carbocycles. The van der Waals surface area contributed by atoms with Gasteiger partial charge in [0.1, 0.15) is 5.69 Å². The van der Waals surface area contributed by atoms with E-state index in [1.54, 1.807) is 6.07 Å². The molecule has 1 amide bonds. The number of fused-ring (bicyclic) bond motifs is 1. The fourth-order valence-electron chi connectivity index (χ4n) is 3.12. The lowest BCUT2D eigenvalue weighted by Crippen LogP contribution is -2.42. The molecule has 2 heterocycles. The normalized spacial score (nSPS) is 15.8. The molecule has 1 aliphatic rings. The van der Waals surface area contributed by atoms with E-state index in [2.05, 4.69) is 38.6 Å². The zero-order chi connectivity index (χ0) is 17.8. The highest BCUT2D eigenvalue weighted by atomic mass is 16.3. The Kier molecular flexibility index (Phi) is 5.50. The minimum atomic E-state index is -0.599. The number of hydrogen-bond acceptors (Lipinski definition) is 4. The molecule has 0 saturated heterocycles. The van der Waals surface area contributed by atoms with Crippen LogP contribution in [-0.2, 0) is 13.0 Å². The molecular weight excluding hydrogens is 316 g/mol. The van der Waals surface area contributed by atoms with Crippen molar-refractivity contribution in [2.24, 2.45) is 0 Å². The lowest BCUT2D eigenvalue weighted by Gasteiger charge is -2.30. The van der Waals surface area contributed by atoms with Gasteiger partial charge in [-0.05, 0) is 29.5 Å². The predicted molar refractivity (Wildman–Crippen MR) is 96.4 cm³/mol. The maximum absolute atomic E-state index is 12.1. The van der Waals surface area contributed by atoms with Crippen LogP contribution in [0.3, 0.4) is 0 Å². The van der Waals surface area contributed by atoms with Crippen LogP contribution < -0.4 is 5.32 Å². The molecule has 6 nitrogen and oxygen atoms in total. The van der Waals surface area contributed by atoms with Crippen molar-refractivity contribution in [3.05, 3.63) is 52.8 Å². The first-order valence-corrected chi connectivity index (χ1v) is 8.83. The summed E-state index contributed by atoms with van der Waals surface area (Å²) in [6.07, 6.45) is 0.401. The molecule has 134 valence electrons. The van der Waals surface area contributed by atoms with Crippen LogP contribution in [0, 0.1) is 0 Å². The van der Waals surface area contributed by atoms with Crippen molar-refractivity contribution in [2.45, 2.75) is 38.8 Å². The van der Waals surface area contributed by atoms with Gasteiger partial charge in [-0.3, -0.25) is 14.8 Å². The summed E-state index contributed by atoms with van der Waals surface area (Å²) in [7, 11) is 0. The monoisotopic (exact) mass is 342 g/mol. The topological polar surface area (TPSA) is 81.2 Å². The van der Waals surface area contributed by atoms with Crippen molar-refractivity contribution >= 4 is 5.91 Å². The molecule has 0 bridgehead atoms. The Balaban J connectivity index is 1.46. The minimum absolute atomic E-state index is 0.223. The molecule has 0 radical (unpaired) electrons. The number of aliphatic hydroxyl groups excluding tert-OH is 1. The van der Waals surface area contributed by atoms with Gasteiger partial charge in [0.15, 0.2) is 0 Å². The molecule has 1 aromatic heterocycles. The molecule has 0 saturated carbocycles. The summed E-state index contributed by atoms with van der Waals surface area (Å²) in [6.45, 7) is 6.62. The Hall–Kier alpha value is -2.18. The SMILES string of the molecule is CC(C)c1cc(C(=O)NCC(O)CN2CCc3ccccc3C2)n[nH]1. The Morgan fingerprint density at radius 2 is 2.12 bits per heavy atom. The number of nitrogens with one attached hydrogen (secondary N) is 2. The molecule has 0 spiro atoms.